The number of ether oxygens (including phenoxy) is 2. The summed E-state index contributed by atoms with van der Waals surface area (Å²) in [6.45, 7) is 7.05. The Labute approximate surface area is 252 Å². The largest absolute Gasteiger partial charge is 0.467 e. The summed E-state index contributed by atoms with van der Waals surface area (Å²) in [6.07, 6.45) is 5.24. The van der Waals surface area contributed by atoms with Gasteiger partial charge >= 0.3 is 6.01 Å². The Morgan fingerprint density at radius 3 is 2.72 bits per heavy atom. The van der Waals surface area contributed by atoms with Crippen molar-refractivity contribution in [3.05, 3.63) is 65.3 Å². The predicted molar refractivity (Wildman–Crippen MR) is 162 cm³/mol. The Morgan fingerprint density at radius 1 is 1.14 bits per heavy atom. The van der Waals surface area contributed by atoms with E-state index in [1.54, 1.807) is 35.2 Å². The van der Waals surface area contributed by atoms with Gasteiger partial charge < -0.3 is 19.3 Å². The number of benzene rings is 2. The molecule has 2 fully saturated rings. The molecule has 2 aromatic carbocycles. The van der Waals surface area contributed by atoms with Crippen LogP contribution in [0.1, 0.15) is 6.92 Å². The first-order chi connectivity index (χ1) is 20.8. The van der Waals surface area contributed by atoms with Gasteiger partial charge in [0.2, 0.25) is 5.91 Å². The van der Waals surface area contributed by atoms with Crippen molar-refractivity contribution in [2.45, 2.75) is 13.0 Å². The van der Waals surface area contributed by atoms with Crippen molar-refractivity contribution in [3.63, 3.8) is 0 Å². The second-order valence-corrected chi connectivity index (χ2v) is 11.0. The van der Waals surface area contributed by atoms with Gasteiger partial charge in [-0.25, -0.2) is 8.78 Å². The molecule has 2 aliphatic heterocycles. The van der Waals surface area contributed by atoms with E-state index in [-0.39, 0.29) is 34.3 Å². The van der Waals surface area contributed by atoms with Crippen molar-refractivity contribution >= 4 is 45.0 Å². The number of anilines is 1. The van der Waals surface area contributed by atoms with Gasteiger partial charge in [0, 0.05) is 69.0 Å². The third kappa shape index (κ3) is 5.84. The quantitative estimate of drug-likeness (QED) is 0.291. The molecule has 0 saturated carbocycles. The van der Waals surface area contributed by atoms with E-state index in [1.807, 2.05) is 17.9 Å². The number of carbonyl (C=O) groups is 1. The van der Waals surface area contributed by atoms with Crippen LogP contribution in [0.3, 0.4) is 0 Å². The van der Waals surface area contributed by atoms with Crippen molar-refractivity contribution in [3.8, 4) is 17.3 Å². The minimum absolute atomic E-state index is 0.000540. The monoisotopic (exact) mass is 608 g/mol. The van der Waals surface area contributed by atoms with Gasteiger partial charge in [-0.05, 0) is 18.4 Å². The fraction of sp³-hybridized carbons (Fsp3) is 0.355. The molecule has 224 valence electrons. The summed E-state index contributed by atoms with van der Waals surface area (Å²) in [7, 11) is 1.42. The van der Waals surface area contributed by atoms with Crippen molar-refractivity contribution in [2.75, 3.05) is 64.4 Å². The van der Waals surface area contributed by atoms with Gasteiger partial charge in [-0.3, -0.25) is 14.7 Å². The van der Waals surface area contributed by atoms with Crippen molar-refractivity contribution in [1.82, 2.24) is 24.8 Å². The Kier molecular flexibility index (Phi) is 8.38. The topological polar surface area (TPSA) is 83.9 Å². The van der Waals surface area contributed by atoms with Crippen LogP contribution in [0.5, 0.6) is 6.01 Å². The molecule has 0 aliphatic carbocycles. The van der Waals surface area contributed by atoms with E-state index >= 15 is 4.39 Å². The highest BCUT2D eigenvalue weighted by Gasteiger charge is 2.26. The van der Waals surface area contributed by atoms with Gasteiger partial charge in [-0.15, -0.1) is 0 Å². The van der Waals surface area contributed by atoms with Crippen molar-refractivity contribution in [2.24, 2.45) is 0 Å². The van der Waals surface area contributed by atoms with E-state index in [9.17, 15) is 9.18 Å². The maximum atomic E-state index is 16.2. The van der Waals surface area contributed by atoms with Crippen LogP contribution in [0.25, 0.3) is 32.9 Å². The Bertz CT molecular complexity index is 1710. The van der Waals surface area contributed by atoms with Crippen LogP contribution < -0.4 is 9.64 Å². The van der Waals surface area contributed by atoms with Crippen LogP contribution in [0.2, 0.25) is 5.02 Å². The van der Waals surface area contributed by atoms with Crippen LogP contribution in [0.4, 0.5) is 14.6 Å². The minimum atomic E-state index is -0.694. The number of aromatic nitrogens is 3. The second-order valence-electron chi connectivity index (χ2n) is 10.6. The first-order valence-electron chi connectivity index (χ1n) is 14.2. The number of methoxy groups -OCH3 is 1. The Morgan fingerprint density at radius 2 is 1.95 bits per heavy atom. The normalized spacial score (nSPS) is 18.2. The van der Waals surface area contributed by atoms with Gasteiger partial charge in [0.05, 0.1) is 30.2 Å². The number of hydrogen-bond donors (Lipinski definition) is 0. The highest BCUT2D eigenvalue weighted by atomic mass is 35.5. The minimum Gasteiger partial charge on any atom is -0.467 e. The van der Waals surface area contributed by atoms with Crippen LogP contribution in [-0.2, 0) is 9.53 Å². The van der Waals surface area contributed by atoms with Crippen LogP contribution in [0.15, 0.2) is 48.7 Å². The smallest absolute Gasteiger partial charge is 0.318 e. The summed E-state index contributed by atoms with van der Waals surface area (Å²) in [5.41, 5.74) is 0.366. The summed E-state index contributed by atoms with van der Waals surface area (Å²) in [4.78, 5) is 32.1. The highest BCUT2D eigenvalue weighted by Crippen LogP contribution is 2.38. The standard InChI is InChI=1S/C31H31ClF2N6O3/c1-19-18-38(15-16-43-19)10-4-7-24(41)39-11-13-40(14-12-39)30-22-17-35-28(27(34)29(22)36-31(37-30)42-2)21-6-3-5-20-8-9-23(33)26(32)25(20)21/h3-9,17,19H,10-16,18H2,1-2H3/b7-4+. The summed E-state index contributed by atoms with van der Waals surface area (Å²) in [5.74, 6) is -0.880. The lowest BCUT2D eigenvalue weighted by Gasteiger charge is -2.35. The molecule has 43 heavy (non-hydrogen) atoms. The van der Waals surface area contributed by atoms with Crippen LogP contribution in [-0.4, -0.2) is 96.3 Å². The maximum absolute atomic E-state index is 16.2. The average molecular weight is 609 g/mol. The number of pyridine rings is 1. The Balaban J connectivity index is 1.24. The highest BCUT2D eigenvalue weighted by molar-refractivity contribution is 6.36. The molecule has 1 atom stereocenters. The molecule has 0 radical (unpaired) electrons. The van der Waals surface area contributed by atoms with E-state index in [0.717, 1.165) is 13.1 Å². The van der Waals surface area contributed by atoms with E-state index in [1.165, 1.54) is 19.4 Å². The number of morpholine rings is 1. The van der Waals surface area contributed by atoms with E-state index in [2.05, 4.69) is 19.9 Å². The van der Waals surface area contributed by atoms with Gasteiger partial charge in [0.1, 0.15) is 22.8 Å². The third-order valence-electron chi connectivity index (χ3n) is 7.86. The van der Waals surface area contributed by atoms with Gasteiger partial charge in [0.15, 0.2) is 5.82 Å². The molecule has 2 aromatic heterocycles. The molecule has 9 nitrogen and oxygen atoms in total. The molecular formula is C31H31ClF2N6O3. The Hall–Kier alpha value is -3.93. The first-order valence-corrected chi connectivity index (χ1v) is 14.5. The lowest BCUT2D eigenvalue weighted by atomic mass is 10.0. The fourth-order valence-corrected chi connectivity index (χ4v) is 5.93. The molecule has 6 rings (SSSR count). The maximum Gasteiger partial charge on any atom is 0.318 e. The average Bonchev–Trinajstić information content (AvgIpc) is 3.02. The van der Waals surface area contributed by atoms with Gasteiger partial charge in [-0.2, -0.15) is 9.97 Å². The number of fused-ring (bicyclic) bond motifs is 2. The number of piperazine rings is 1. The lowest BCUT2D eigenvalue weighted by Crippen LogP contribution is -2.48. The van der Waals surface area contributed by atoms with E-state index in [4.69, 9.17) is 21.1 Å². The summed E-state index contributed by atoms with van der Waals surface area (Å²) >= 11 is 6.31. The first kappa shape index (κ1) is 29.2. The third-order valence-corrected chi connectivity index (χ3v) is 8.23. The molecule has 2 aliphatic rings. The van der Waals surface area contributed by atoms with Crippen LogP contribution in [0, 0.1) is 11.6 Å². The molecule has 4 aromatic rings. The zero-order chi connectivity index (χ0) is 30.1. The summed E-state index contributed by atoms with van der Waals surface area (Å²) in [5, 5.41) is 1.32. The molecule has 0 bridgehead atoms. The lowest BCUT2D eigenvalue weighted by molar-refractivity contribution is -0.126. The van der Waals surface area contributed by atoms with Gasteiger partial charge in [0.25, 0.3) is 0 Å². The SMILES string of the molecule is COc1nc(N2CCN(C(=O)/C=C/CN3CCOC(C)C3)CC2)c2cnc(-c3cccc4ccc(F)c(Cl)c34)c(F)c2n1. The summed E-state index contributed by atoms with van der Waals surface area (Å²) in [6, 6.07) is 8.03. The number of rotatable bonds is 6. The van der Waals surface area contributed by atoms with Crippen molar-refractivity contribution in [1.29, 1.82) is 0 Å². The van der Waals surface area contributed by atoms with Crippen LogP contribution >= 0.6 is 11.6 Å². The molecule has 4 heterocycles. The molecule has 0 spiro atoms. The molecule has 1 unspecified atom stereocenters. The van der Waals surface area contributed by atoms with Crippen molar-refractivity contribution < 1.29 is 23.0 Å². The number of halogens is 3. The zero-order valence-electron chi connectivity index (χ0n) is 23.9. The zero-order valence-corrected chi connectivity index (χ0v) is 24.7. The predicted octanol–water partition coefficient (Wildman–Crippen LogP) is 4.71. The summed E-state index contributed by atoms with van der Waals surface area (Å²) < 4.78 is 41.4. The second kappa shape index (κ2) is 12.4. The van der Waals surface area contributed by atoms with Gasteiger partial charge in [-0.1, -0.05) is 41.9 Å². The molecule has 1 amide bonds. The molecular weight excluding hydrogens is 578 g/mol. The van der Waals surface area contributed by atoms with E-state index < -0.39 is 11.6 Å². The number of amides is 1. The number of hydrogen-bond acceptors (Lipinski definition) is 8. The molecule has 12 heteroatoms. The van der Waals surface area contributed by atoms with E-state index in [0.29, 0.717) is 66.9 Å². The number of carbonyl (C=O) groups excluding carboxylic acids is 1. The molecule has 0 N–H and O–H groups in total. The molecule has 2 saturated heterocycles. The fourth-order valence-electron chi connectivity index (χ4n) is 5.65. The number of nitrogens with zero attached hydrogens (tertiary/aromatic N) is 6.